The molecule has 5 rings (SSSR count). The number of nitrogens with one attached hydrogen (secondary N) is 1. The molecule has 1 heterocycles. The van der Waals surface area contributed by atoms with Crippen LogP contribution in [0.15, 0.2) is 91.0 Å². The van der Waals surface area contributed by atoms with Gasteiger partial charge in [-0.05, 0) is 70.4 Å². The number of aromatic nitrogens is 1. The molecule has 0 aliphatic carbocycles. The first-order valence-electron chi connectivity index (χ1n) is 10.9. The number of nitrogens with zero attached hydrogens (tertiary/aromatic N) is 1. The van der Waals surface area contributed by atoms with Gasteiger partial charge in [0.05, 0.1) is 16.8 Å². The van der Waals surface area contributed by atoms with Crippen molar-refractivity contribution < 1.29 is 9.90 Å². The number of hydrogen-bond acceptors (Lipinski definition) is 3. The summed E-state index contributed by atoms with van der Waals surface area (Å²) in [6, 6.07) is 29.2. The average Bonchev–Trinajstić information content (AvgIpc) is 2.86. The summed E-state index contributed by atoms with van der Waals surface area (Å²) in [4.78, 5) is 15.7. The zero-order valence-electron chi connectivity index (χ0n) is 18.2. The molecular weight excluding hydrogens is 444 g/mol. The standard InChI is InChI=1S/C29H21ClN2O2/c30-24-11-8-21-10-13-25(32-28(21)17-24)12-9-20-2-1-3-23-16-26(14-15-27(20)23)31-18-19-4-6-22(7-5-19)29(33)34/h1-17,31H,18H2,(H,33,34)/b12-9+. The number of rotatable bonds is 6. The largest absolute Gasteiger partial charge is 0.478 e. The average molecular weight is 465 g/mol. The molecule has 0 fully saturated rings. The van der Waals surface area contributed by atoms with Crippen molar-refractivity contribution in [3.05, 3.63) is 118 Å². The molecule has 0 aliphatic heterocycles. The van der Waals surface area contributed by atoms with Gasteiger partial charge in [0.25, 0.3) is 0 Å². The predicted octanol–water partition coefficient (Wildman–Crippen LogP) is 7.52. The van der Waals surface area contributed by atoms with Crippen molar-refractivity contribution in [3.63, 3.8) is 0 Å². The molecule has 0 aliphatic rings. The maximum atomic E-state index is 11.0. The molecular formula is C29H21ClN2O2. The maximum Gasteiger partial charge on any atom is 0.335 e. The molecule has 0 bridgehead atoms. The highest BCUT2D eigenvalue weighted by Crippen LogP contribution is 2.25. The Balaban J connectivity index is 1.34. The Morgan fingerprint density at radius 3 is 2.53 bits per heavy atom. The van der Waals surface area contributed by atoms with E-state index in [2.05, 4.69) is 47.8 Å². The Hall–Kier alpha value is -4.15. The van der Waals surface area contributed by atoms with E-state index in [1.54, 1.807) is 12.1 Å². The number of anilines is 1. The van der Waals surface area contributed by atoms with Crippen LogP contribution in [0.25, 0.3) is 33.8 Å². The minimum Gasteiger partial charge on any atom is -0.478 e. The molecule has 0 radical (unpaired) electrons. The van der Waals surface area contributed by atoms with Crippen molar-refractivity contribution in [3.8, 4) is 0 Å². The second-order valence-electron chi connectivity index (χ2n) is 8.05. The van der Waals surface area contributed by atoms with Crippen molar-refractivity contribution in [2.45, 2.75) is 6.54 Å². The van der Waals surface area contributed by atoms with Gasteiger partial charge >= 0.3 is 5.97 Å². The summed E-state index contributed by atoms with van der Waals surface area (Å²) < 4.78 is 0. The molecule has 0 spiro atoms. The zero-order valence-corrected chi connectivity index (χ0v) is 19.0. The van der Waals surface area contributed by atoms with Crippen molar-refractivity contribution in [1.82, 2.24) is 4.98 Å². The van der Waals surface area contributed by atoms with Crippen LogP contribution in [0.1, 0.15) is 27.2 Å². The topological polar surface area (TPSA) is 62.2 Å². The van der Waals surface area contributed by atoms with Gasteiger partial charge in [-0.2, -0.15) is 0 Å². The fourth-order valence-corrected chi connectivity index (χ4v) is 4.07. The lowest BCUT2D eigenvalue weighted by atomic mass is 10.0. The smallest absolute Gasteiger partial charge is 0.335 e. The first kappa shape index (κ1) is 21.7. The van der Waals surface area contributed by atoms with Gasteiger partial charge in [0.15, 0.2) is 0 Å². The van der Waals surface area contributed by atoms with Crippen LogP contribution >= 0.6 is 11.6 Å². The summed E-state index contributed by atoms with van der Waals surface area (Å²) in [5, 5.41) is 16.5. The Morgan fingerprint density at radius 2 is 1.71 bits per heavy atom. The van der Waals surface area contributed by atoms with Crippen LogP contribution in [0, 0.1) is 0 Å². The van der Waals surface area contributed by atoms with Gasteiger partial charge in [-0.1, -0.05) is 66.2 Å². The number of carbonyl (C=O) groups is 1. The Kier molecular flexibility index (Phi) is 5.98. The minimum absolute atomic E-state index is 0.290. The van der Waals surface area contributed by atoms with Crippen LogP contribution in [0.4, 0.5) is 5.69 Å². The van der Waals surface area contributed by atoms with Gasteiger partial charge in [0.1, 0.15) is 0 Å². The van der Waals surface area contributed by atoms with Crippen molar-refractivity contribution in [1.29, 1.82) is 0 Å². The molecule has 166 valence electrons. The summed E-state index contributed by atoms with van der Waals surface area (Å²) in [5.41, 5.74) is 5.17. The fraction of sp³-hybridized carbons (Fsp3) is 0.0345. The summed E-state index contributed by atoms with van der Waals surface area (Å²) >= 11 is 6.11. The summed E-state index contributed by atoms with van der Waals surface area (Å²) in [6.07, 6.45) is 4.10. The highest BCUT2D eigenvalue weighted by Gasteiger charge is 2.04. The number of halogens is 1. The first-order valence-corrected chi connectivity index (χ1v) is 11.3. The van der Waals surface area contributed by atoms with E-state index in [0.717, 1.165) is 44.2 Å². The van der Waals surface area contributed by atoms with E-state index >= 15 is 0 Å². The quantitative estimate of drug-likeness (QED) is 0.273. The normalized spacial score (nSPS) is 11.3. The van der Waals surface area contributed by atoms with Crippen LogP contribution in [0.5, 0.6) is 0 Å². The van der Waals surface area contributed by atoms with Gasteiger partial charge in [-0.15, -0.1) is 0 Å². The third-order valence-corrected chi connectivity index (χ3v) is 5.96. The summed E-state index contributed by atoms with van der Waals surface area (Å²) in [7, 11) is 0. The first-order chi connectivity index (χ1) is 16.5. The number of aromatic carboxylic acids is 1. The van der Waals surface area contributed by atoms with Gasteiger partial charge in [-0.3, -0.25) is 0 Å². The van der Waals surface area contributed by atoms with Gasteiger partial charge in [0.2, 0.25) is 0 Å². The Bertz CT molecular complexity index is 1540. The third-order valence-electron chi connectivity index (χ3n) is 5.72. The van der Waals surface area contributed by atoms with Crippen LogP contribution in [0.3, 0.4) is 0 Å². The number of pyridine rings is 1. The molecule has 5 aromatic rings. The highest BCUT2D eigenvalue weighted by atomic mass is 35.5. The number of carboxylic acid groups (broad SMARTS) is 1. The van der Waals surface area contributed by atoms with E-state index in [9.17, 15) is 4.79 Å². The highest BCUT2D eigenvalue weighted by molar-refractivity contribution is 6.31. The molecule has 0 atom stereocenters. The van der Waals surface area contributed by atoms with Gasteiger partial charge in [0, 0.05) is 22.6 Å². The molecule has 2 N–H and O–H groups in total. The van der Waals surface area contributed by atoms with E-state index in [0.29, 0.717) is 11.6 Å². The van der Waals surface area contributed by atoms with Crippen molar-refractivity contribution >= 4 is 57.1 Å². The number of hydrogen-bond donors (Lipinski definition) is 2. The van der Waals surface area contributed by atoms with E-state index in [4.69, 9.17) is 21.7 Å². The molecule has 0 saturated carbocycles. The van der Waals surface area contributed by atoms with E-state index < -0.39 is 5.97 Å². The second kappa shape index (κ2) is 9.38. The number of fused-ring (bicyclic) bond motifs is 2. The lowest BCUT2D eigenvalue weighted by Gasteiger charge is -2.09. The lowest BCUT2D eigenvalue weighted by Crippen LogP contribution is -2.01. The van der Waals surface area contributed by atoms with E-state index in [1.165, 1.54) is 0 Å². The summed E-state index contributed by atoms with van der Waals surface area (Å²) in [5.74, 6) is -0.917. The number of benzene rings is 4. The van der Waals surface area contributed by atoms with E-state index in [1.807, 2.05) is 48.5 Å². The molecule has 0 amide bonds. The molecule has 4 aromatic carbocycles. The van der Waals surface area contributed by atoms with Crippen LogP contribution in [-0.2, 0) is 6.54 Å². The van der Waals surface area contributed by atoms with Crippen molar-refractivity contribution in [2.24, 2.45) is 0 Å². The second-order valence-corrected chi connectivity index (χ2v) is 8.48. The summed E-state index contributed by atoms with van der Waals surface area (Å²) in [6.45, 7) is 0.614. The SMILES string of the molecule is O=C(O)c1ccc(CNc2ccc3c(/C=C/c4ccc5ccc(Cl)cc5n4)cccc3c2)cc1. The van der Waals surface area contributed by atoms with Gasteiger partial charge in [-0.25, -0.2) is 9.78 Å². The maximum absolute atomic E-state index is 11.0. The number of carboxylic acids is 1. The lowest BCUT2D eigenvalue weighted by molar-refractivity contribution is 0.0697. The van der Waals surface area contributed by atoms with E-state index in [-0.39, 0.29) is 5.56 Å². The van der Waals surface area contributed by atoms with Crippen molar-refractivity contribution in [2.75, 3.05) is 5.32 Å². The molecule has 4 nitrogen and oxygen atoms in total. The molecule has 34 heavy (non-hydrogen) atoms. The molecule has 5 heteroatoms. The monoisotopic (exact) mass is 464 g/mol. The molecule has 1 aromatic heterocycles. The Morgan fingerprint density at radius 1 is 0.882 bits per heavy atom. The third kappa shape index (κ3) is 4.77. The van der Waals surface area contributed by atoms with Crippen LogP contribution in [-0.4, -0.2) is 16.1 Å². The predicted molar refractivity (Wildman–Crippen MR) is 140 cm³/mol. The van der Waals surface area contributed by atoms with Crippen LogP contribution < -0.4 is 5.32 Å². The fourth-order valence-electron chi connectivity index (χ4n) is 3.91. The molecule has 0 unspecified atom stereocenters. The van der Waals surface area contributed by atoms with Crippen LogP contribution in [0.2, 0.25) is 5.02 Å². The molecule has 0 saturated heterocycles. The minimum atomic E-state index is -0.917. The van der Waals surface area contributed by atoms with Gasteiger partial charge < -0.3 is 10.4 Å². The Labute approximate surface area is 202 Å². The zero-order chi connectivity index (χ0) is 23.5.